The quantitative estimate of drug-likeness (QED) is 0.447. The van der Waals surface area contributed by atoms with Crippen molar-refractivity contribution in [2.45, 2.75) is 13.8 Å². The van der Waals surface area contributed by atoms with Crippen LogP contribution in [0, 0.1) is 0 Å². The van der Waals surface area contributed by atoms with Crippen molar-refractivity contribution in [2.24, 2.45) is 0 Å². The minimum Gasteiger partial charge on any atom is -0.0883 e. The van der Waals surface area contributed by atoms with Gasteiger partial charge >= 0.3 is 0 Å². The van der Waals surface area contributed by atoms with Crippen LogP contribution >= 0.6 is 15.9 Å². The summed E-state index contributed by atoms with van der Waals surface area (Å²) in [7, 11) is 0. The molecule has 0 aliphatic heterocycles. The molecule has 1 heteroatoms. The number of halogens is 1. The number of hydrogen-bond acceptors (Lipinski definition) is 0. The van der Waals surface area contributed by atoms with E-state index in [1.807, 2.05) is 6.92 Å². The zero-order valence-electron chi connectivity index (χ0n) is 5.32. The van der Waals surface area contributed by atoms with Crippen molar-refractivity contribution in [3.63, 3.8) is 0 Å². The van der Waals surface area contributed by atoms with Crippen LogP contribution in [-0.4, -0.2) is 5.33 Å². The summed E-state index contributed by atoms with van der Waals surface area (Å²) in [6, 6.07) is 0. The molecule has 0 spiro atoms. The summed E-state index contributed by atoms with van der Waals surface area (Å²) >= 11 is 3.29. The average molecular weight is 175 g/mol. The number of allylic oxidation sites excluding steroid dienone is 4. The molecular weight excluding hydrogens is 164 g/mol. The van der Waals surface area contributed by atoms with Gasteiger partial charge in [0.15, 0.2) is 0 Å². The lowest BCUT2D eigenvalue weighted by molar-refractivity contribution is 1.47. The molecule has 0 radical (unpaired) electrons. The molecule has 0 N–H and O–H groups in total. The smallest absolute Gasteiger partial charge is 0.0215 e. The SMILES string of the molecule is C/C=C(C)/C=C/CBr. The Bertz CT molecular complexity index is 101. The molecule has 0 rings (SSSR count). The predicted molar refractivity (Wildman–Crippen MR) is 42.4 cm³/mol. The van der Waals surface area contributed by atoms with Gasteiger partial charge in [-0.25, -0.2) is 0 Å². The summed E-state index contributed by atoms with van der Waals surface area (Å²) in [5.41, 5.74) is 1.31. The van der Waals surface area contributed by atoms with E-state index in [-0.39, 0.29) is 0 Å². The van der Waals surface area contributed by atoms with E-state index in [4.69, 9.17) is 0 Å². The molecule has 0 aromatic heterocycles. The Balaban J connectivity index is 3.53. The summed E-state index contributed by atoms with van der Waals surface area (Å²) in [5.74, 6) is 0. The zero-order valence-corrected chi connectivity index (χ0v) is 6.90. The molecule has 0 atom stereocenters. The Hall–Kier alpha value is -0.0400. The summed E-state index contributed by atoms with van der Waals surface area (Å²) in [4.78, 5) is 0. The first-order valence-corrected chi connectivity index (χ1v) is 3.79. The van der Waals surface area contributed by atoms with Gasteiger partial charge in [-0.3, -0.25) is 0 Å². The van der Waals surface area contributed by atoms with Crippen molar-refractivity contribution in [2.75, 3.05) is 5.33 Å². The zero-order chi connectivity index (χ0) is 6.41. The molecule has 0 aliphatic carbocycles. The van der Waals surface area contributed by atoms with Crippen LogP contribution in [0.3, 0.4) is 0 Å². The molecule has 46 valence electrons. The highest BCUT2D eigenvalue weighted by Crippen LogP contribution is 1.93. The Morgan fingerprint density at radius 2 is 2.25 bits per heavy atom. The van der Waals surface area contributed by atoms with Gasteiger partial charge in [0.1, 0.15) is 0 Å². The summed E-state index contributed by atoms with van der Waals surface area (Å²) in [6.45, 7) is 4.12. The molecule has 0 bridgehead atoms. The Morgan fingerprint density at radius 3 is 2.62 bits per heavy atom. The fourth-order valence-corrected chi connectivity index (χ4v) is 0.514. The maximum Gasteiger partial charge on any atom is 0.0215 e. The van der Waals surface area contributed by atoms with Gasteiger partial charge in [0, 0.05) is 5.33 Å². The molecule has 0 nitrogen and oxygen atoms in total. The minimum absolute atomic E-state index is 0.943. The predicted octanol–water partition coefficient (Wildman–Crippen LogP) is 2.90. The molecule has 0 saturated carbocycles. The Morgan fingerprint density at radius 1 is 1.62 bits per heavy atom. The van der Waals surface area contributed by atoms with Crippen LogP contribution in [0.2, 0.25) is 0 Å². The Labute approximate surface area is 59.4 Å². The average Bonchev–Trinajstić information content (AvgIpc) is 1.83. The molecule has 0 aliphatic rings. The van der Waals surface area contributed by atoms with E-state index in [0.29, 0.717) is 0 Å². The monoisotopic (exact) mass is 174 g/mol. The third-order valence-corrected chi connectivity index (χ3v) is 1.30. The molecule has 0 heterocycles. The van der Waals surface area contributed by atoms with E-state index in [0.717, 1.165) is 5.33 Å². The van der Waals surface area contributed by atoms with Crippen molar-refractivity contribution in [1.82, 2.24) is 0 Å². The molecule has 0 aromatic rings. The van der Waals surface area contributed by atoms with Gasteiger partial charge in [-0.2, -0.15) is 0 Å². The summed E-state index contributed by atoms with van der Waals surface area (Å²) in [5, 5.41) is 0.943. The normalized spacial score (nSPS) is 13.1. The van der Waals surface area contributed by atoms with Crippen LogP contribution in [0.1, 0.15) is 13.8 Å². The van der Waals surface area contributed by atoms with Gasteiger partial charge in [-0.05, 0) is 13.8 Å². The first-order valence-electron chi connectivity index (χ1n) is 2.66. The van der Waals surface area contributed by atoms with Crippen LogP contribution < -0.4 is 0 Å². The van der Waals surface area contributed by atoms with E-state index in [1.54, 1.807) is 0 Å². The number of hydrogen-bond donors (Lipinski definition) is 0. The minimum atomic E-state index is 0.943. The van der Waals surface area contributed by atoms with E-state index < -0.39 is 0 Å². The van der Waals surface area contributed by atoms with Crippen LogP contribution in [-0.2, 0) is 0 Å². The second-order valence-electron chi connectivity index (χ2n) is 1.59. The van der Waals surface area contributed by atoms with E-state index in [9.17, 15) is 0 Å². The molecule has 0 unspecified atom stereocenters. The van der Waals surface area contributed by atoms with Crippen molar-refractivity contribution < 1.29 is 0 Å². The fraction of sp³-hybridized carbons (Fsp3) is 0.429. The van der Waals surface area contributed by atoms with Crippen molar-refractivity contribution in [3.05, 3.63) is 23.8 Å². The molecule has 8 heavy (non-hydrogen) atoms. The lowest BCUT2D eigenvalue weighted by Gasteiger charge is -1.83. The molecule has 0 aromatic carbocycles. The second-order valence-corrected chi connectivity index (χ2v) is 2.24. The molecule has 0 amide bonds. The third kappa shape index (κ3) is 4.13. The van der Waals surface area contributed by atoms with Crippen LogP contribution in [0.4, 0.5) is 0 Å². The summed E-state index contributed by atoms with van der Waals surface area (Å²) < 4.78 is 0. The van der Waals surface area contributed by atoms with Crippen molar-refractivity contribution in [1.29, 1.82) is 0 Å². The van der Waals surface area contributed by atoms with Crippen molar-refractivity contribution >= 4 is 15.9 Å². The van der Waals surface area contributed by atoms with Gasteiger partial charge in [-0.15, -0.1) is 0 Å². The Kier molecular flexibility index (Phi) is 5.08. The topological polar surface area (TPSA) is 0 Å². The van der Waals surface area contributed by atoms with Gasteiger partial charge in [0.25, 0.3) is 0 Å². The molecular formula is C7H11Br. The lowest BCUT2D eigenvalue weighted by atomic mass is 10.3. The van der Waals surface area contributed by atoms with E-state index in [2.05, 4.69) is 41.1 Å². The number of alkyl halides is 1. The second kappa shape index (κ2) is 5.10. The highest BCUT2D eigenvalue weighted by atomic mass is 79.9. The first-order chi connectivity index (χ1) is 3.81. The van der Waals surface area contributed by atoms with Gasteiger partial charge in [0.05, 0.1) is 0 Å². The van der Waals surface area contributed by atoms with Gasteiger partial charge in [0.2, 0.25) is 0 Å². The van der Waals surface area contributed by atoms with Crippen LogP contribution in [0.25, 0.3) is 0 Å². The van der Waals surface area contributed by atoms with E-state index >= 15 is 0 Å². The standard InChI is InChI=1S/C7H11Br/c1-3-7(2)5-4-6-8/h3-5H,6H2,1-2H3/b5-4+,7-3+. The first kappa shape index (κ1) is 7.96. The van der Waals surface area contributed by atoms with Crippen LogP contribution in [0.5, 0.6) is 0 Å². The van der Waals surface area contributed by atoms with Crippen LogP contribution in [0.15, 0.2) is 23.8 Å². The van der Waals surface area contributed by atoms with Gasteiger partial charge < -0.3 is 0 Å². The van der Waals surface area contributed by atoms with Gasteiger partial charge in [-0.1, -0.05) is 39.7 Å². The number of rotatable bonds is 2. The van der Waals surface area contributed by atoms with Crippen molar-refractivity contribution in [3.8, 4) is 0 Å². The fourth-order valence-electron chi connectivity index (χ4n) is 0.327. The highest BCUT2D eigenvalue weighted by molar-refractivity contribution is 9.09. The third-order valence-electron chi connectivity index (χ3n) is 0.925. The lowest BCUT2D eigenvalue weighted by Crippen LogP contribution is -1.64. The largest absolute Gasteiger partial charge is 0.0883 e. The maximum atomic E-state index is 3.29. The maximum absolute atomic E-state index is 3.29. The molecule has 0 saturated heterocycles. The van der Waals surface area contributed by atoms with E-state index in [1.165, 1.54) is 5.57 Å². The molecule has 0 fully saturated rings. The summed E-state index contributed by atoms with van der Waals surface area (Å²) in [6.07, 6.45) is 6.25. The highest BCUT2D eigenvalue weighted by Gasteiger charge is 1.72.